The van der Waals surface area contributed by atoms with Crippen molar-refractivity contribution < 1.29 is 0 Å². The molecule has 0 spiro atoms. The number of hydrogen-bond donors (Lipinski definition) is 1. The molecule has 1 aromatic heterocycles. The van der Waals surface area contributed by atoms with Gasteiger partial charge in [0.15, 0.2) is 0 Å². The van der Waals surface area contributed by atoms with Gasteiger partial charge in [-0.15, -0.1) is 0 Å². The van der Waals surface area contributed by atoms with Crippen LogP contribution in [-0.2, 0) is 0 Å². The minimum absolute atomic E-state index is 0.254. The Morgan fingerprint density at radius 3 is 3.09 bits per heavy atom. The Bertz CT molecular complexity index is 254. The predicted octanol–water partition coefficient (Wildman–Crippen LogP) is 2.32. The molecule has 0 saturated heterocycles. The molecule has 0 aliphatic carbocycles. The smallest absolute Gasteiger partial charge is 0.224 e. The Labute approximate surface area is 78.3 Å². The van der Waals surface area contributed by atoms with Crippen LogP contribution >= 0.6 is 27.5 Å². The molecule has 0 saturated carbocycles. The highest BCUT2D eigenvalue weighted by atomic mass is 79.9. The van der Waals surface area contributed by atoms with Gasteiger partial charge in [0.25, 0.3) is 0 Å². The van der Waals surface area contributed by atoms with Crippen molar-refractivity contribution in [1.82, 2.24) is 9.97 Å². The third-order valence-electron chi connectivity index (χ3n) is 1.06. The molecule has 1 heterocycles. The molecule has 11 heavy (non-hydrogen) atoms. The fourth-order valence-corrected chi connectivity index (χ4v) is 1.10. The molecule has 1 N–H and O–H groups in total. The molecule has 0 unspecified atom stereocenters. The number of anilines is 1. The predicted molar refractivity (Wildman–Crippen MR) is 48.9 cm³/mol. The molecular formula is C6H7BrClN3. The summed E-state index contributed by atoms with van der Waals surface area (Å²) in [6.07, 6.45) is 1.62. The van der Waals surface area contributed by atoms with Crippen molar-refractivity contribution in [2.24, 2.45) is 0 Å². The van der Waals surface area contributed by atoms with Crippen LogP contribution in [0, 0.1) is 0 Å². The largest absolute Gasteiger partial charge is 0.369 e. The second-order valence-electron chi connectivity index (χ2n) is 1.87. The summed E-state index contributed by atoms with van der Waals surface area (Å²) >= 11 is 8.85. The molecule has 1 aromatic rings. The van der Waals surface area contributed by atoms with Crippen molar-refractivity contribution in [3.8, 4) is 0 Å². The molecule has 0 aliphatic heterocycles. The zero-order valence-corrected chi connectivity index (χ0v) is 8.28. The number of hydrogen-bond acceptors (Lipinski definition) is 3. The van der Waals surface area contributed by atoms with E-state index in [1.807, 2.05) is 6.92 Å². The minimum Gasteiger partial charge on any atom is -0.369 e. The van der Waals surface area contributed by atoms with Crippen LogP contribution in [0.5, 0.6) is 0 Å². The maximum Gasteiger partial charge on any atom is 0.224 e. The highest BCUT2D eigenvalue weighted by Gasteiger charge is 2.00. The molecular weight excluding hydrogens is 229 g/mol. The van der Waals surface area contributed by atoms with Crippen LogP contribution in [0.1, 0.15) is 6.92 Å². The molecule has 3 nitrogen and oxygen atoms in total. The molecule has 60 valence electrons. The van der Waals surface area contributed by atoms with Crippen molar-refractivity contribution in [3.05, 3.63) is 16.0 Å². The maximum absolute atomic E-state index is 5.57. The van der Waals surface area contributed by atoms with Gasteiger partial charge in [0.05, 0.1) is 4.47 Å². The molecule has 1 rings (SSSR count). The van der Waals surface area contributed by atoms with Crippen molar-refractivity contribution in [2.75, 3.05) is 11.9 Å². The molecule has 5 heteroatoms. The summed E-state index contributed by atoms with van der Waals surface area (Å²) in [5, 5.41) is 3.29. The van der Waals surface area contributed by atoms with E-state index in [1.54, 1.807) is 6.20 Å². The molecule has 0 amide bonds. The summed E-state index contributed by atoms with van der Waals surface area (Å²) in [6.45, 7) is 2.80. The Balaban J connectivity index is 2.93. The fourth-order valence-electron chi connectivity index (χ4n) is 0.637. The first-order valence-corrected chi connectivity index (χ1v) is 4.33. The third-order valence-corrected chi connectivity index (χ3v) is 1.82. The number of aromatic nitrogens is 2. The van der Waals surface area contributed by atoms with Crippen molar-refractivity contribution in [2.45, 2.75) is 6.92 Å². The second kappa shape index (κ2) is 3.88. The minimum atomic E-state index is 0.254. The second-order valence-corrected chi connectivity index (χ2v) is 3.06. The zero-order chi connectivity index (χ0) is 8.27. The molecule has 0 fully saturated rings. The highest BCUT2D eigenvalue weighted by Crippen LogP contribution is 2.19. The zero-order valence-electron chi connectivity index (χ0n) is 5.93. The average molecular weight is 236 g/mol. The van der Waals surface area contributed by atoms with Gasteiger partial charge < -0.3 is 5.32 Å². The van der Waals surface area contributed by atoms with Crippen LogP contribution < -0.4 is 5.32 Å². The van der Waals surface area contributed by atoms with Crippen molar-refractivity contribution in [3.63, 3.8) is 0 Å². The molecule has 0 aliphatic rings. The summed E-state index contributed by atoms with van der Waals surface area (Å²) in [4.78, 5) is 7.75. The number of halogens is 2. The third kappa shape index (κ3) is 2.31. The number of nitrogens with one attached hydrogen (secondary N) is 1. The van der Waals surface area contributed by atoms with E-state index in [2.05, 4.69) is 31.2 Å². The Morgan fingerprint density at radius 1 is 1.73 bits per heavy atom. The quantitative estimate of drug-likeness (QED) is 0.801. The Kier molecular flexibility index (Phi) is 3.08. The summed E-state index contributed by atoms with van der Waals surface area (Å²) in [5.41, 5.74) is 0. The van der Waals surface area contributed by atoms with E-state index in [0.717, 1.165) is 16.8 Å². The molecule has 0 atom stereocenters. The Morgan fingerprint density at radius 2 is 2.45 bits per heavy atom. The fraction of sp³-hybridized carbons (Fsp3) is 0.333. The number of rotatable bonds is 2. The SMILES string of the molecule is CCNc1nc(Cl)ncc1Br. The van der Waals surface area contributed by atoms with E-state index in [4.69, 9.17) is 11.6 Å². The van der Waals surface area contributed by atoms with Gasteiger partial charge in [-0.05, 0) is 34.5 Å². The lowest BCUT2D eigenvalue weighted by Gasteiger charge is -2.03. The average Bonchev–Trinajstić information content (AvgIpc) is 1.98. The van der Waals surface area contributed by atoms with Crippen LogP contribution in [-0.4, -0.2) is 16.5 Å². The first-order chi connectivity index (χ1) is 5.24. The van der Waals surface area contributed by atoms with E-state index in [1.165, 1.54) is 0 Å². The van der Waals surface area contributed by atoms with Gasteiger partial charge in [0, 0.05) is 12.7 Å². The van der Waals surface area contributed by atoms with Gasteiger partial charge in [-0.3, -0.25) is 0 Å². The van der Waals surface area contributed by atoms with Gasteiger partial charge in [0.1, 0.15) is 5.82 Å². The molecule has 0 aromatic carbocycles. The summed E-state index contributed by atoms with van der Waals surface area (Å²) in [7, 11) is 0. The first-order valence-electron chi connectivity index (χ1n) is 3.16. The van der Waals surface area contributed by atoms with Gasteiger partial charge in [-0.2, -0.15) is 4.98 Å². The lowest BCUT2D eigenvalue weighted by atomic mass is 10.5. The lowest BCUT2D eigenvalue weighted by Crippen LogP contribution is -2.00. The first kappa shape index (κ1) is 8.74. The summed E-state index contributed by atoms with van der Waals surface area (Å²) in [5.74, 6) is 0.729. The van der Waals surface area contributed by atoms with Gasteiger partial charge >= 0.3 is 0 Å². The van der Waals surface area contributed by atoms with E-state index >= 15 is 0 Å². The van der Waals surface area contributed by atoms with Crippen LogP contribution in [0.4, 0.5) is 5.82 Å². The Hall–Kier alpha value is -0.350. The van der Waals surface area contributed by atoms with Crippen molar-refractivity contribution >= 4 is 33.3 Å². The van der Waals surface area contributed by atoms with E-state index < -0.39 is 0 Å². The van der Waals surface area contributed by atoms with Gasteiger partial charge in [-0.1, -0.05) is 0 Å². The van der Waals surface area contributed by atoms with Crippen LogP contribution in [0.3, 0.4) is 0 Å². The molecule has 0 radical (unpaired) electrons. The standard InChI is InChI=1S/C6H7BrClN3/c1-2-9-5-4(7)3-10-6(8)11-5/h3H,2H2,1H3,(H,9,10,11). The highest BCUT2D eigenvalue weighted by molar-refractivity contribution is 9.10. The topological polar surface area (TPSA) is 37.8 Å². The summed E-state index contributed by atoms with van der Waals surface area (Å²) < 4.78 is 0.823. The van der Waals surface area contributed by atoms with E-state index in [9.17, 15) is 0 Å². The van der Waals surface area contributed by atoms with Crippen LogP contribution in [0.2, 0.25) is 5.28 Å². The maximum atomic E-state index is 5.57. The van der Waals surface area contributed by atoms with Crippen LogP contribution in [0.25, 0.3) is 0 Å². The van der Waals surface area contributed by atoms with Crippen molar-refractivity contribution in [1.29, 1.82) is 0 Å². The molecule has 0 bridgehead atoms. The monoisotopic (exact) mass is 235 g/mol. The normalized spacial score (nSPS) is 9.73. The van der Waals surface area contributed by atoms with E-state index in [0.29, 0.717) is 0 Å². The van der Waals surface area contributed by atoms with Crippen LogP contribution in [0.15, 0.2) is 10.7 Å². The van der Waals surface area contributed by atoms with E-state index in [-0.39, 0.29) is 5.28 Å². The summed E-state index contributed by atoms with van der Waals surface area (Å²) in [6, 6.07) is 0. The van der Waals surface area contributed by atoms with Gasteiger partial charge in [0.2, 0.25) is 5.28 Å². The van der Waals surface area contributed by atoms with Gasteiger partial charge in [-0.25, -0.2) is 4.98 Å². The number of nitrogens with zero attached hydrogens (tertiary/aromatic N) is 2. The lowest BCUT2D eigenvalue weighted by molar-refractivity contribution is 1.10.